The van der Waals surface area contributed by atoms with Crippen molar-refractivity contribution in [2.24, 2.45) is 39.2 Å². The summed E-state index contributed by atoms with van der Waals surface area (Å²) in [7, 11) is -5.17. The largest absolute Gasteiger partial charge is 0.397 e. The van der Waals surface area contributed by atoms with Crippen LogP contribution in [0.25, 0.3) is 0 Å². The number of aromatic amines is 2. The summed E-state index contributed by atoms with van der Waals surface area (Å²) in [4.78, 5) is 40.5. The number of halogens is 4. The SMILES string of the molecule is NC1=N[C@@H]2O[C@@H]3N=C(N)N[C@]34[C@H]([C@H](CNC(=O)c3cc(Br)c(Br)[nH]3)[C@@H](CNC(=O)c3cc(Br)c(Br)[nH]3)[C@@H]4OS(=O)(=O)O)[C@]2(O)N1. The number of amides is 2. The molecule has 1 spiro atoms. The van der Waals surface area contributed by atoms with E-state index in [1.54, 1.807) is 0 Å². The van der Waals surface area contributed by atoms with E-state index < -0.39 is 69.8 Å². The van der Waals surface area contributed by atoms with Crippen molar-refractivity contribution in [1.82, 2.24) is 31.2 Å². The summed E-state index contributed by atoms with van der Waals surface area (Å²) in [5.74, 6) is -4.64. The molecule has 5 heterocycles. The minimum Gasteiger partial charge on any atom is -0.370 e. The maximum atomic E-state index is 13.2. The first-order valence-corrected chi connectivity index (χ1v) is 17.5. The number of hydrogen-bond acceptors (Lipinski definition) is 13. The Morgan fingerprint density at radius 2 is 1.44 bits per heavy atom. The number of H-pyrrole nitrogens is 2. The Balaban J connectivity index is 1.42. The Bertz CT molecular complexity index is 1710. The zero-order valence-electron chi connectivity index (χ0n) is 22.3. The van der Waals surface area contributed by atoms with Crippen molar-refractivity contribution in [3.63, 3.8) is 0 Å². The molecule has 1 saturated carbocycles. The van der Waals surface area contributed by atoms with Crippen LogP contribution >= 0.6 is 63.7 Å². The van der Waals surface area contributed by atoms with Gasteiger partial charge in [0.2, 0.25) is 6.23 Å². The molecule has 45 heavy (non-hydrogen) atoms. The van der Waals surface area contributed by atoms with Gasteiger partial charge in [0.25, 0.3) is 11.8 Å². The van der Waals surface area contributed by atoms with Gasteiger partial charge in [-0.15, -0.1) is 0 Å². The third-order valence-electron chi connectivity index (χ3n) is 8.22. The van der Waals surface area contributed by atoms with Crippen LogP contribution in [0.5, 0.6) is 0 Å². The Morgan fingerprint density at radius 1 is 0.933 bits per heavy atom. The summed E-state index contributed by atoms with van der Waals surface area (Å²) >= 11 is 13.2. The van der Waals surface area contributed by atoms with E-state index in [1.807, 2.05) is 0 Å². The summed E-state index contributed by atoms with van der Waals surface area (Å²) in [5.41, 5.74) is 8.47. The number of nitrogens with two attached hydrogens (primary N) is 2. The molecule has 2 aromatic heterocycles. The topological polar surface area (TPSA) is 284 Å². The van der Waals surface area contributed by atoms with Crippen molar-refractivity contribution in [2.45, 2.75) is 29.8 Å². The molecule has 8 atom stereocenters. The molecule has 4 aliphatic rings. The highest BCUT2D eigenvalue weighted by atomic mass is 79.9. The summed E-state index contributed by atoms with van der Waals surface area (Å²) in [6.45, 7) is -0.493. The molecule has 1 saturated heterocycles. The number of nitrogens with one attached hydrogen (secondary N) is 6. The van der Waals surface area contributed by atoms with Crippen molar-refractivity contribution in [3.8, 4) is 0 Å². The van der Waals surface area contributed by atoms with Crippen molar-refractivity contribution >= 4 is 97.9 Å². The van der Waals surface area contributed by atoms with Gasteiger partial charge in [0.15, 0.2) is 23.9 Å². The number of carbonyl (C=O) groups excluding carboxylic acids is 2. The molecular weight excluding hydrogens is 884 g/mol. The van der Waals surface area contributed by atoms with E-state index in [4.69, 9.17) is 20.4 Å². The van der Waals surface area contributed by atoms with Crippen LogP contribution in [-0.4, -0.2) is 94.7 Å². The molecule has 244 valence electrons. The van der Waals surface area contributed by atoms with Crippen LogP contribution in [0.15, 0.2) is 40.3 Å². The molecule has 0 unspecified atom stereocenters. The van der Waals surface area contributed by atoms with E-state index >= 15 is 0 Å². The van der Waals surface area contributed by atoms with E-state index in [-0.39, 0.29) is 36.4 Å². The van der Waals surface area contributed by atoms with E-state index in [1.165, 1.54) is 12.1 Å². The van der Waals surface area contributed by atoms with Crippen molar-refractivity contribution < 1.29 is 36.6 Å². The monoisotopic (exact) mass is 904 g/mol. The molecular formula is C22H24Br4N10O8S. The van der Waals surface area contributed by atoms with Gasteiger partial charge in [-0.1, -0.05) is 0 Å². The number of aromatic nitrogens is 2. The first-order chi connectivity index (χ1) is 21.0. The molecule has 2 aromatic rings. The summed E-state index contributed by atoms with van der Waals surface area (Å²) in [5, 5.41) is 23.3. The predicted molar refractivity (Wildman–Crippen MR) is 170 cm³/mol. The molecule has 18 nitrogen and oxygen atoms in total. The average Bonchev–Trinajstić information content (AvgIpc) is 3.69. The van der Waals surface area contributed by atoms with Gasteiger partial charge >= 0.3 is 10.4 Å². The number of aliphatic hydroxyl groups is 1. The molecule has 6 rings (SSSR count). The molecule has 0 aromatic carbocycles. The van der Waals surface area contributed by atoms with Gasteiger partial charge in [0.1, 0.15) is 23.0 Å². The van der Waals surface area contributed by atoms with Crippen LogP contribution in [0.1, 0.15) is 21.0 Å². The minimum atomic E-state index is -5.17. The predicted octanol–water partition coefficient (Wildman–Crippen LogP) is -0.452. The number of rotatable bonds is 8. The number of nitrogens with zero attached hydrogens (tertiary/aromatic N) is 2. The lowest BCUT2D eigenvalue weighted by atomic mass is 9.71. The number of ether oxygens (including phenoxy) is 1. The molecule has 2 amide bonds. The lowest BCUT2D eigenvalue weighted by molar-refractivity contribution is -0.241. The van der Waals surface area contributed by atoms with Crippen LogP contribution < -0.4 is 32.7 Å². The van der Waals surface area contributed by atoms with Crippen LogP contribution in [0.3, 0.4) is 0 Å². The number of carbonyl (C=O) groups is 2. The Labute approximate surface area is 287 Å². The van der Waals surface area contributed by atoms with E-state index in [0.29, 0.717) is 18.2 Å². The third kappa shape index (κ3) is 5.58. The minimum absolute atomic E-state index is 0.160. The summed E-state index contributed by atoms with van der Waals surface area (Å²) < 4.78 is 48.0. The number of hydrogen-bond donors (Lipinski definition) is 10. The maximum absolute atomic E-state index is 13.2. The van der Waals surface area contributed by atoms with E-state index in [0.717, 1.165) is 0 Å². The smallest absolute Gasteiger partial charge is 0.370 e. The molecule has 23 heteroatoms. The molecule has 3 aliphatic heterocycles. The number of aliphatic imine (C=N–C) groups is 2. The van der Waals surface area contributed by atoms with Gasteiger partial charge in [0, 0.05) is 24.9 Å². The first kappa shape index (κ1) is 32.7. The fourth-order valence-electron chi connectivity index (χ4n) is 6.67. The third-order valence-corrected chi connectivity index (χ3v) is 12.2. The van der Waals surface area contributed by atoms with Crippen LogP contribution in [-0.2, 0) is 19.3 Å². The molecule has 2 fully saturated rings. The fraction of sp³-hybridized carbons (Fsp3) is 0.455. The van der Waals surface area contributed by atoms with Gasteiger partial charge in [-0.3, -0.25) is 14.1 Å². The highest BCUT2D eigenvalue weighted by molar-refractivity contribution is 9.13. The highest BCUT2D eigenvalue weighted by Crippen LogP contribution is 2.58. The second-order valence-corrected chi connectivity index (χ2v) is 15.1. The normalized spacial score (nSPS) is 33.3. The quantitative estimate of drug-likeness (QED) is 0.151. The van der Waals surface area contributed by atoms with Gasteiger partial charge < -0.3 is 52.5 Å². The standard InChI is InChI=1S/C22H24Br4N10O8S/c23-7-1-9(31-13(7)25)15(37)29-3-5-6(4-30-16(38)10-2-8(24)14(26)32-10)12(44-45(40,41)42)21-11(5)22(39)18(34-20(28)36-22)43-17(21)33-19(27)35-21/h1-2,5-6,11-12,17-18,31-32,39H,3-4H2,(H,29,37)(H,30,38)(H3,27,33,35)(H3,28,34,36)(H,40,41,42)/t5-,6-,11+,12+,17+,18-,21+,22-/m1/s1. The zero-order valence-corrected chi connectivity index (χ0v) is 29.5. The lowest BCUT2D eigenvalue weighted by Crippen LogP contribution is -2.76. The van der Waals surface area contributed by atoms with Crippen LogP contribution in [0, 0.1) is 17.8 Å². The van der Waals surface area contributed by atoms with E-state index in [9.17, 15) is 27.7 Å². The molecule has 0 bridgehead atoms. The summed E-state index contributed by atoms with van der Waals surface area (Å²) in [6.07, 6.45) is -4.22. The summed E-state index contributed by atoms with van der Waals surface area (Å²) in [6, 6.07) is 3.06. The van der Waals surface area contributed by atoms with Crippen molar-refractivity contribution in [2.75, 3.05) is 13.1 Å². The fourth-order valence-corrected chi connectivity index (χ4v) is 8.54. The van der Waals surface area contributed by atoms with Gasteiger partial charge in [-0.2, -0.15) is 8.42 Å². The second kappa shape index (κ2) is 11.5. The van der Waals surface area contributed by atoms with Crippen molar-refractivity contribution in [3.05, 3.63) is 41.7 Å². The second-order valence-electron chi connectivity index (χ2n) is 10.7. The van der Waals surface area contributed by atoms with Crippen molar-refractivity contribution in [1.29, 1.82) is 0 Å². The Kier molecular flexibility index (Phi) is 8.33. The molecule has 12 N–H and O–H groups in total. The molecule has 0 radical (unpaired) electrons. The van der Waals surface area contributed by atoms with Gasteiger partial charge in [-0.05, 0) is 81.8 Å². The average molecular weight is 908 g/mol. The van der Waals surface area contributed by atoms with Gasteiger partial charge in [0.05, 0.1) is 18.2 Å². The van der Waals surface area contributed by atoms with Crippen LogP contribution in [0.4, 0.5) is 0 Å². The Morgan fingerprint density at radius 3 is 1.96 bits per heavy atom. The highest BCUT2D eigenvalue weighted by Gasteiger charge is 2.78. The van der Waals surface area contributed by atoms with Gasteiger partial charge in [-0.25, -0.2) is 14.2 Å². The number of fused-ring (bicyclic) bond motifs is 2. The van der Waals surface area contributed by atoms with E-state index in [2.05, 4.69) is 105 Å². The first-order valence-electron chi connectivity index (χ1n) is 12.9. The Hall–Kier alpha value is -2.25. The zero-order chi connectivity index (χ0) is 32.6. The molecule has 1 aliphatic carbocycles. The maximum Gasteiger partial charge on any atom is 0.397 e. The lowest BCUT2D eigenvalue weighted by Gasteiger charge is -2.52. The van der Waals surface area contributed by atoms with Crippen LogP contribution in [0.2, 0.25) is 0 Å². The number of guanidine groups is 2.